The van der Waals surface area contributed by atoms with Crippen LogP contribution in [0, 0.1) is 0 Å². The van der Waals surface area contributed by atoms with E-state index >= 15 is 0 Å². The summed E-state index contributed by atoms with van der Waals surface area (Å²) in [4.78, 5) is 0. The topological polar surface area (TPSA) is 0 Å². The van der Waals surface area contributed by atoms with Gasteiger partial charge < -0.3 is 0 Å². The third-order valence-corrected chi connectivity index (χ3v) is 12.2. The van der Waals surface area contributed by atoms with E-state index < -0.39 is 7.92 Å². The standard InChI is InChI=1S/C27H35P2.C5H5.Fe/c1-21(24-19-14-20-25(24)29(26(2,3)4)27(5,6)7)28(22-15-10-8-11-16-22)23-17-12-9-13-18-23;1-2-4-5-3-1;/h8-21H,1-7H3;1-5H;/q2*-1;+2/t21-;;/m0../s1. The summed E-state index contributed by atoms with van der Waals surface area (Å²) in [6.45, 7) is 17.0. The van der Waals surface area contributed by atoms with Gasteiger partial charge in [0.15, 0.2) is 0 Å². The molecule has 3 heteroatoms. The minimum absolute atomic E-state index is 0. The summed E-state index contributed by atoms with van der Waals surface area (Å²) in [5.41, 5.74) is 2.04. The van der Waals surface area contributed by atoms with Gasteiger partial charge in [-0.3, -0.25) is 0 Å². The Hall–Kier alpha value is -1.48. The van der Waals surface area contributed by atoms with Gasteiger partial charge >= 0.3 is 17.1 Å². The molecule has 0 aliphatic heterocycles. The molecule has 0 N–H and O–H groups in total. The Balaban J connectivity index is 0.000000640. The molecule has 0 aliphatic rings. The zero-order chi connectivity index (χ0) is 24.8. The van der Waals surface area contributed by atoms with Crippen LogP contribution in [0.4, 0.5) is 0 Å². The first-order chi connectivity index (χ1) is 16.1. The van der Waals surface area contributed by atoms with Crippen molar-refractivity contribution in [3.8, 4) is 0 Å². The van der Waals surface area contributed by atoms with Gasteiger partial charge in [-0.25, -0.2) is 18.2 Å². The molecular formula is C32H40FeP2. The van der Waals surface area contributed by atoms with Crippen molar-refractivity contribution < 1.29 is 17.1 Å². The van der Waals surface area contributed by atoms with E-state index in [1.807, 2.05) is 30.3 Å². The van der Waals surface area contributed by atoms with Gasteiger partial charge in [0.1, 0.15) is 0 Å². The molecule has 4 aromatic rings. The Labute approximate surface area is 227 Å². The van der Waals surface area contributed by atoms with Gasteiger partial charge in [0.2, 0.25) is 0 Å². The first-order valence-electron chi connectivity index (χ1n) is 12.2. The molecule has 0 nitrogen and oxygen atoms in total. The molecular weight excluding hydrogens is 502 g/mol. The van der Waals surface area contributed by atoms with Crippen LogP contribution in [-0.2, 0) is 17.1 Å². The number of hydrogen-bond acceptors (Lipinski definition) is 0. The van der Waals surface area contributed by atoms with E-state index in [-0.39, 0.29) is 35.3 Å². The van der Waals surface area contributed by atoms with Crippen LogP contribution in [0.15, 0.2) is 109 Å². The molecule has 4 rings (SSSR count). The number of benzene rings is 2. The molecule has 0 aromatic heterocycles. The Morgan fingerprint density at radius 3 is 1.46 bits per heavy atom. The monoisotopic (exact) mass is 542 g/mol. The maximum Gasteiger partial charge on any atom is 2.00 e. The van der Waals surface area contributed by atoms with Crippen molar-refractivity contribution in [1.29, 1.82) is 0 Å². The maximum atomic E-state index is 2.45. The normalized spacial score (nSPS) is 12.6. The summed E-state index contributed by atoms with van der Waals surface area (Å²) in [5.74, 6) is 0. The van der Waals surface area contributed by atoms with E-state index in [0.717, 1.165) is 0 Å². The van der Waals surface area contributed by atoms with E-state index in [4.69, 9.17) is 0 Å². The van der Waals surface area contributed by atoms with Crippen LogP contribution in [-0.4, -0.2) is 10.3 Å². The summed E-state index contributed by atoms with van der Waals surface area (Å²) in [5, 5.41) is 5.08. The maximum absolute atomic E-state index is 2.45. The predicted molar refractivity (Wildman–Crippen MR) is 158 cm³/mol. The number of hydrogen-bond donors (Lipinski definition) is 0. The molecule has 0 heterocycles. The Morgan fingerprint density at radius 1 is 0.629 bits per heavy atom. The van der Waals surface area contributed by atoms with Crippen molar-refractivity contribution in [2.24, 2.45) is 0 Å². The van der Waals surface area contributed by atoms with Gasteiger partial charge in [0.25, 0.3) is 0 Å². The van der Waals surface area contributed by atoms with Crippen LogP contribution in [0.1, 0.15) is 59.7 Å². The predicted octanol–water partition coefficient (Wildman–Crippen LogP) is 8.71. The molecule has 0 saturated carbocycles. The zero-order valence-corrected chi connectivity index (χ0v) is 25.1. The van der Waals surface area contributed by atoms with Crippen molar-refractivity contribution >= 4 is 31.8 Å². The van der Waals surface area contributed by atoms with Gasteiger partial charge in [0, 0.05) is 0 Å². The second-order valence-electron chi connectivity index (χ2n) is 10.7. The summed E-state index contributed by atoms with van der Waals surface area (Å²) in [7, 11) is -0.771. The van der Waals surface area contributed by atoms with Gasteiger partial charge in [0.05, 0.1) is 0 Å². The van der Waals surface area contributed by atoms with Gasteiger partial charge in [-0.15, -0.1) is 5.30 Å². The fourth-order valence-corrected chi connectivity index (χ4v) is 11.9. The summed E-state index contributed by atoms with van der Waals surface area (Å²) >= 11 is 0. The summed E-state index contributed by atoms with van der Waals surface area (Å²) < 4.78 is 0. The molecule has 0 saturated heterocycles. The minimum atomic E-state index is -0.465. The SMILES string of the molecule is C[C@@H](c1cc[cH-]c1P(C(C)(C)C)C(C)(C)C)P(c1ccccc1)c1ccccc1.[Fe+2].c1cc[cH-]c1. The molecule has 0 bridgehead atoms. The third-order valence-electron chi connectivity index (χ3n) is 5.87. The van der Waals surface area contributed by atoms with E-state index in [1.54, 1.807) is 10.9 Å². The molecule has 0 unspecified atom stereocenters. The van der Waals surface area contributed by atoms with Crippen molar-refractivity contribution in [2.75, 3.05) is 0 Å². The van der Waals surface area contributed by atoms with E-state index in [0.29, 0.717) is 5.66 Å². The third kappa shape index (κ3) is 8.00. The summed E-state index contributed by atoms with van der Waals surface area (Å²) in [6, 6.07) is 39.3. The van der Waals surface area contributed by atoms with Gasteiger partial charge in [-0.2, -0.15) is 35.9 Å². The zero-order valence-electron chi connectivity index (χ0n) is 22.2. The minimum Gasteiger partial charge on any atom is -0.214 e. The molecule has 35 heavy (non-hydrogen) atoms. The quantitative estimate of drug-likeness (QED) is 0.134. The fraction of sp³-hybridized carbons (Fsp3) is 0.312. The van der Waals surface area contributed by atoms with Crippen molar-refractivity contribution in [3.05, 3.63) is 115 Å². The summed E-state index contributed by atoms with van der Waals surface area (Å²) in [6.07, 6.45) is 0. The molecule has 0 radical (unpaired) electrons. The van der Waals surface area contributed by atoms with Crippen molar-refractivity contribution in [2.45, 2.75) is 64.4 Å². The average molecular weight is 542 g/mol. The first kappa shape index (κ1) is 29.7. The molecule has 186 valence electrons. The van der Waals surface area contributed by atoms with Crippen LogP contribution in [0.5, 0.6) is 0 Å². The van der Waals surface area contributed by atoms with Crippen LogP contribution >= 0.6 is 15.8 Å². The Kier molecular flexibility index (Phi) is 11.2. The largest absolute Gasteiger partial charge is 2.00 e. The van der Waals surface area contributed by atoms with Crippen molar-refractivity contribution in [1.82, 2.24) is 0 Å². The molecule has 4 aromatic carbocycles. The van der Waals surface area contributed by atoms with Crippen LogP contribution < -0.4 is 15.9 Å². The average Bonchev–Trinajstić information content (AvgIpc) is 3.49. The number of rotatable bonds is 5. The van der Waals surface area contributed by atoms with E-state index in [9.17, 15) is 0 Å². The molecule has 0 spiro atoms. The van der Waals surface area contributed by atoms with E-state index in [1.165, 1.54) is 10.6 Å². The second kappa shape index (κ2) is 13.2. The van der Waals surface area contributed by atoms with E-state index in [2.05, 4.69) is 127 Å². The molecule has 1 atom stereocenters. The Bertz CT molecular complexity index is 1010. The van der Waals surface area contributed by atoms with Crippen molar-refractivity contribution in [3.63, 3.8) is 0 Å². The fourth-order valence-electron chi connectivity index (χ4n) is 4.94. The second-order valence-corrected chi connectivity index (χ2v) is 17.1. The molecule has 0 fully saturated rings. The first-order valence-corrected chi connectivity index (χ1v) is 15.0. The van der Waals surface area contributed by atoms with Crippen LogP contribution in [0.25, 0.3) is 0 Å². The van der Waals surface area contributed by atoms with Crippen LogP contribution in [0.3, 0.4) is 0 Å². The van der Waals surface area contributed by atoms with Gasteiger partial charge in [-0.05, 0) is 34.5 Å². The van der Waals surface area contributed by atoms with Gasteiger partial charge in [-0.1, -0.05) is 117 Å². The Morgan fingerprint density at radius 2 is 1.09 bits per heavy atom. The van der Waals surface area contributed by atoms with Crippen LogP contribution in [0.2, 0.25) is 0 Å². The smallest absolute Gasteiger partial charge is 0.214 e. The molecule has 0 aliphatic carbocycles. The molecule has 0 amide bonds.